The normalized spacial score (nSPS) is 23.7. The maximum atomic E-state index is 9.73. The quantitative estimate of drug-likeness (QED) is 0.650. The summed E-state index contributed by atoms with van der Waals surface area (Å²) in [6, 6.07) is 26.5. The number of ether oxygens (including phenoxy) is 1. The molecule has 2 unspecified atom stereocenters. The molecular formula is C19H13NO. The first-order valence-electron chi connectivity index (χ1n) is 6.97. The van der Waals surface area contributed by atoms with Crippen LogP contribution >= 0.6 is 0 Å². The molecule has 2 heteroatoms. The van der Waals surface area contributed by atoms with E-state index in [0.29, 0.717) is 0 Å². The van der Waals surface area contributed by atoms with Gasteiger partial charge in [0.2, 0.25) is 5.60 Å². The van der Waals surface area contributed by atoms with Gasteiger partial charge >= 0.3 is 0 Å². The molecule has 1 fully saturated rings. The number of epoxide rings is 1. The van der Waals surface area contributed by atoms with Crippen LogP contribution in [0.1, 0.15) is 17.2 Å². The number of benzene rings is 3. The predicted molar refractivity (Wildman–Crippen MR) is 81.5 cm³/mol. The van der Waals surface area contributed by atoms with Crippen LogP contribution in [0.4, 0.5) is 0 Å². The molecule has 3 aromatic rings. The van der Waals surface area contributed by atoms with Gasteiger partial charge in [-0.25, -0.2) is 0 Å². The number of rotatable bonds is 2. The number of fused-ring (bicyclic) bond motifs is 1. The number of hydrogen-bond acceptors (Lipinski definition) is 2. The lowest BCUT2D eigenvalue weighted by Gasteiger charge is -2.09. The van der Waals surface area contributed by atoms with E-state index in [4.69, 9.17) is 4.74 Å². The van der Waals surface area contributed by atoms with E-state index in [9.17, 15) is 5.26 Å². The van der Waals surface area contributed by atoms with Gasteiger partial charge in [0.25, 0.3) is 0 Å². The van der Waals surface area contributed by atoms with E-state index in [1.807, 2.05) is 60.7 Å². The van der Waals surface area contributed by atoms with Crippen LogP contribution in [0, 0.1) is 11.3 Å². The van der Waals surface area contributed by atoms with E-state index in [0.717, 1.165) is 21.9 Å². The first-order valence-corrected chi connectivity index (χ1v) is 6.97. The van der Waals surface area contributed by atoms with Crippen molar-refractivity contribution in [3.8, 4) is 6.07 Å². The first-order chi connectivity index (χ1) is 10.3. The molecule has 2 nitrogen and oxygen atoms in total. The predicted octanol–water partition coefficient (Wildman–Crippen LogP) is 4.33. The Morgan fingerprint density at radius 2 is 1.57 bits per heavy atom. The smallest absolute Gasteiger partial charge is 0.211 e. The van der Waals surface area contributed by atoms with E-state index in [1.165, 1.54) is 0 Å². The SMILES string of the molecule is N#CC1(c2cccc3ccccc23)OC1c1ccccc1. The van der Waals surface area contributed by atoms with Gasteiger partial charge in [-0.15, -0.1) is 0 Å². The van der Waals surface area contributed by atoms with E-state index in [-0.39, 0.29) is 6.10 Å². The van der Waals surface area contributed by atoms with Crippen LogP contribution in [-0.2, 0) is 10.3 Å². The molecule has 4 rings (SSSR count). The van der Waals surface area contributed by atoms with Crippen molar-refractivity contribution in [3.63, 3.8) is 0 Å². The van der Waals surface area contributed by atoms with E-state index in [2.05, 4.69) is 18.2 Å². The fourth-order valence-corrected chi connectivity index (χ4v) is 2.98. The molecule has 0 aromatic heterocycles. The van der Waals surface area contributed by atoms with Gasteiger partial charge < -0.3 is 4.74 Å². The van der Waals surface area contributed by atoms with Crippen LogP contribution in [-0.4, -0.2) is 0 Å². The summed E-state index contributed by atoms with van der Waals surface area (Å²) >= 11 is 0. The standard InChI is InChI=1S/C19H13NO/c20-13-19(18(21-19)15-8-2-1-3-9-15)17-12-6-10-14-7-4-5-11-16(14)17/h1-12,18H. The van der Waals surface area contributed by atoms with Crippen molar-refractivity contribution < 1.29 is 4.74 Å². The summed E-state index contributed by atoms with van der Waals surface area (Å²) in [7, 11) is 0. The minimum absolute atomic E-state index is 0.186. The molecule has 1 aliphatic heterocycles. The first kappa shape index (κ1) is 12.1. The summed E-state index contributed by atoms with van der Waals surface area (Å²) < 4.78 is 5.87. The second-order valence-electron chi connectivity index (χ2n) is 5.28. The Labute approximate surface area is 123 Å². The highest BCUT2D eigenvalue weighted by Gasteiger charge is 2.60. The highest BCUT2D eigenvalue weighted by Crippen LogP contribution is 2.57. The van der Waals surface area contributed by atoms with Crippen LogP contribution < -0.4 is 0 Å². The lowest BCUT2D eigenvalue weighted by Crippen LogP contribution is -2.07. The van der Waals surface area contributed by atoms with Gasteiger partial charge in [-0.05, 0) is 16.3 Å². The summed E-state index contributed by atoms with van der Waals surface area (Å²) in [5.74, 6) is 0. The van der Waals surface area contributed by atoms with Crippen molar-refractivity contribution in [2.24, 2.45) is 0 Å². The molecule has 0 N–H and O–H groups in total. The van der Waals surface area contributed by atoms with E-state index >= 15 is 0 Å². The number of nitriles is 1. The largest absolute Gasteiger partial charge is 0.340 e. The molecule has 21 heavy (non-hydrogen) atoms. The van der Waals surface area contributed by atoms with Gasteiger partial charge in [-0.3, -0.25) is 0 Å². The zero-order valence-electron chi connectivity index (χ0n) is 11.4. The molecule has 0 saturated carbocycles. The molecule has 0 amide bonds. The Morgan fingerprint density at radius 3 is 2.38 bits per heavy atom. The second-order valence-corrected chi connectivity index (χ2v) is 5.28. The molecule has 2 atom stereocenters. The molecule has 0 bridgehead atoms. The summed E-state index contributed by atoms with van der Waals surface area (Å²) in [6.45, 7) is 0. The molecule has 1 saturated heterocycles. The summed E-state index contributed by atoms with van der Waals surface area (Å²) in [4.78, 5) is 0. The van der Waals surface area contributed by atoms with Crippen molar-refractivity contribution in [1.82, 2.24) is 0 Å². The Balaban J connectivity index is 1.87. The second kappa shape index (κ2) is 4.44. The molecule has 3 aromatic carbocycles. The van der Waals surface area contributed by atoms with Crippen LogP contribution in [0.2, 0.25) is 0 Å². The molecule has 1 heterocycles. The van der Waals surface area contributed by atoms with Crippen molar-refractivity contribution in [2.75, 3.05) is 0 Å². The summed E-state index contributed by atoms with van der Waals surface area (Å²) in [5, 5.41) is 11.9. The fraction of sp³-hybridized carbons (Fsp3) is 0.105. The summed E-state index contributed by atoms with van der Waals surface area (Å²) in [6.07, 6.45) is -0.186. The molecule has 0 spiro atoms. The highest BCUT2D eigenvalue weighted by molar-refractivity contribution is 5.87. The van der Waals surface area contributed by atoms with E-state index < -0.39 is 5.60 Å². The maximum Gasteiger partial charge on any atom is 0.211 e. The average Bonchev–Trinajstić information content (AvgIpc) is 3.31. The molecule has 1 aliphatic rings. The van der Waals surface area contributed by atoms with Crippen LogP contribution in [0.25, 0.3) is 10.8 Å². The fourth-order valence-electron chi connectivity index (χ4n) is 2.98. The Hall–Kier alpha value is -2.63. The van der Waals surface area contributed by atoms with Crippen molar-refractivity contribution in [2.45, 2.75) is 11.7 Å². The number of hydrogen-bond donors (Lipinski definition) is 0. The molecule has 0 aliphatic carbocycles. The molecular weight excluding hydrogens is 258 g/mol. The van der Waals surface area contributed by atoms with Gasteiger partial charge in [0.1, 0.15) is 12.2 Å². The number of nitrogens with zero attached hydrogens (tertiary/aromatic N) is 1. The molecule has 100 valence electrons. The van der Waals surface area contributed by atoms with E-state index in [1.54, 1.807) is 0 Å². The third-order valence-corrected chi connectivity index (χ3v) is 4.07. The Kier molecular flexibility index (Phi) is 2.57. The zero-order valence-corrected chi connectivity index (χ0v) is 11.4. The van der Waals surface area contributed by atoms with Crippen LogP contribution in [0.3, 0.4) is 0 Å². The topological polar surface area (TPSA) is 36.3 Å². The van der Waals surface area contributed by atoms with Crippen molar-refractivity contribution in [3.05, 3.63) is 83.9 Å². The van der Waals surface area contributed by atoms with Gasteiger partial charge in [0.05, 0.1) is 0 Å². The minimum Gasteiger partial charge on any atom is -0.340 e. The van der Waals surface area contributed by atoms with Crippen molar-refractivity contribution >= 4 is 10.8 Å². The lowest BCUT2D eigenvalue weighted by atomic mass is 9.89. The van der Waals surface area contributed by atoms with Gasteiger partial charge in [-0.2, -0.15) is 5.26 Å². The maximum absolute atomic E-state index is 9.73. The third kappa shape index (κ3) is 1.75. The minimum atomic E-state index is -0.859. The Bertz CT molecular complexity index is 845. The highest BCUT2D eigenvalue weighted by atomic mass is 16.6. The summed E-state index contributed by atoms with van der Waals surface area (Å²) in [5.41, 5.74) is 1.14. The Morgan fingerprint density at radius 1 is 0.857 bits per heavy atom. The third-order valence-electron chi connectivity index (χ3n) is 4.07. The average molecular weight is 271 g/mol. The van der Waals surface area contributed by atoms with Crippen LogP contribution in [0.5, 0.6) is 0 Å². The lowest BCUT2D eigenvalue weighted by molar-refractivity contribution is 0.341. The van der Waals surface area contributed by atoms with Crippen LogP contribution in [0.15, 0.2) is 72.8 Å². The van der Waals surface area contributed by atoms with Gasteiger partial charge in [0.15, 0.2) is 0 Å². The zero-order chi connectivity index (χ0) is 14.3. The van der Waals surface area contributed by atoms with Gasteiger partial charge in [0, 0.05) is 5.56 Å². The van der Waals surface area contributed by atoms with Gasteiger partial charge in [-0.1, -0.05) is 72.8 Å². The van der Waals surface area contributed by atoms with Crippen molar-refractivity contribution in [1.29, 1.82) is 5.26 Å². The molecule has 0 radical (unpaired) electrons. The monoisotopic (exact) mass is 271 g/mol.